The highest BCUT2D eigenvalue weighted by Gasteiger charge is 2.21. The molecule has 0 amide bonds. The van der Waals surface area contributed by atoms with Gasteiger partial charge >= 0.3 is 0 Å². The van der Waals surface area contributed by atoms with Crippen molar-refractivity contribution < 1.29 is 13.3 Å². The number of sulfonamides is 1. The van der Waals surface area contributed by atoms with E-state index in [1.807, 2.05) is 24.3 Å². The van der Waals surface area contributed by atoms with Crippen molar-refractivity contribution in [1.82, 2.24) is 9.71 Å². The van der Waals surface area contributed by atoms with Crippen LogP contribution in [0.1, 0.15) is 0 Å². The quantitative estimate of drug-likeness (QED) is 0.537. The minimum absolute atomic E-state index is 0.148. The minimum atomic E-state index is -3.74. The Morgan fingerprint density at radius 2 is 2.00 bits per heavy atom. The van der Waals surface area contributed by atoms with Gasteiger partial charge in [-0.2, -0.15) is 0 Å². The van der Waals surface area contributed by atoms with Gasteiger partial charge in [-0.15, -0.1) is 11.3 Å². The monoisotopic (exact) mass is 381 g/mol. The Labute approximate surface area is 145 Å². The molecule has 0 saturated heterocycles. The molecular formula is C14H11N3O4S3. The van der Waals surface area contributed by atoms with Crippen molar-refractivity contribution in [2.45, 2.75) is 14.1 Å². The van der Waals surface area contributed by atoms with Crippen molar-refractivity contribution in [3.8, 4) is 0 Å². The van der Waals surface area contributed by atoms with Crippen LogP contribution in [-0.4, -0.2) is 25.4 Å². The van der Waals surface area contributed by atoms with Gasteiger partial charge in [0.25, 0.3) is 5.69 Å². The van der Waals surface area contributed by atoms with Gasteiger partial charge in [0.2, 0.25) is 10.0 Å². The van der Waals surface area contributed by atoms with Crippen LogP contribution < -0.4 is 4.72 Å². The third-order valence-corrected chi connectivity index (χ3v) is 6.75. The summed E-state index contributed by atoms with van der Waals surface area (Å²) in [6, 6.07) is 11.4. The SMILES string of the molecule is CNS(=O)(=O)c1ccc(Sc2nc3ccccc3s2)c([N+](=O)[O-])c1. The van der Waals surface area contributed by atoms with Crippen LogP contribution in [0.25, 0.3) is 10.2 Å². The number of benzene rings is 2. The molecule has 7 nitrogen and oxygen atoms in total. The standard InChI is InChI=1S/C14H11N3O4S3/c1-15-24(20,21)9-6-7-13(11(8-9)17(18)19)23-14-16-10-4-2-3-5-12(10)22-14/h2-8,15H,1H3. The molecule has 2 aromatic carbocycles. The molecular weight excluding hydrogens is 370 g/mol. The summed E-state index contributed by atoms with van der Waals surface area (Å²) in [5, 5.41) is 11.3. The van der Waals surface area contributed by atoms with E-state index < -0.39 is 14.9 Å². The summed E-state index contributed by atoms with van der Waals surface area (Å²) in [6.45, 7) is 0. The molecule has 0 spiro atoms. The third kappa shape index (κ3) is 3.26. The minimum Gasteiger partial charge on any atom is -0.258 e. The second-order valence-corrected chi connectivity index (χ2v) is 8.85. The van der Waals surface area contributed by atoms with Crippen molar-refractivity contribution in [3.05, 3.63) is 52.6 Å². The van der Waals surface area contributed by atoms with Crippen molar-refractivity contribution in [1.29, 1.82) is 0 Å². The van der Waals surface area contributed by atoms with E-state index in [9.17, 15) is 18.5 Å². The summed E-state index contributed by atoms with van der Waals surface area (Å²) >= 11 is 2.57. The number of nitrogens with one attached hydrogen (secondary N) is 1. The molecule has 0 bridgehead atoms. The average molecular weight is 381 g/mol. The summed E-state index contributed by atoms with van der Waals surface area (Å²) in [5.74, 6) is 0. The van der Waals surface area contributed by atoms with Crippen LogP contribution in [0.15, 0.2) is 56.6 Å². The first-order chi connectivity index (χ1) is 11.4. The summed E-state index contributed by atoms with van der Waals surface area (Å²) in [5.41, 5.74) is 0.553. The van der Waals surface area contributed by atoms with Crippen LogP contribution in [0.5, 0.6) is 0 Å². The number of nitro benzene ring substituents is 1. The van der Waals surface area contributed by atoms with E-state index in [-0.39, 0.29) is 10.6 Å². The van der Waals surface area contributed by atoms with Crippen LogP contribution >= 0.6 is 23.1 Å². The highest BCUT2D eigenvalue weighted by atomic mass is 32.2. The molecule has 124 valence electrons. The van der Waals surface area contributed by atoms with E-state index in [2.05, 4.69) is 9.71 Å². The summed E-state index contributed by atoms with van der Waals surface area (Å²) < 4.78 is 27.4. The molecule has 0 saturated carbocycles. The number of fused-ring (bicyclic) bond motifs is 1. The maximum Gasteiger partial charge on any atom is 0.284 e. The van der Waals surface area contributed by atoms with E-state index in [1.54, 1.807) is 0 Å². The van der Waals surface area contributed by atoms with Crippen molar-refractivity contribution in [3.63, 3.8) is 0 Å². The number of thiazole rings is 1. The number of aromatic nitrogens is 1. The Morgan fingerprint density at radius 1 is 1.25 bits per heavy atom. The fourth-order valence-electron chi connectivity index (χ4n) is 2.00. The highest BCUT2D eigenvalue weighted by Crippen LogP contribution is 2.39. The van der Waals surface area contributed by atoms with Crippen LogP contribution in [0.3, 0.4) is 0 Å². The topological polar surface area (TPSA) is 102 Å². The second kappa shape index (κ2) is 6.48. The molecule has 0 fully saturated rings. The van der Waals surface area contributed by atoms with Gasteiger partial charge in [0.1, 0.15) is 0 Å². The Bertz CT molecular complexity index is 998. The van der Waals surface area contributed by atoms with Crippen LogP contribution in [-0.2, 0) is 10.0 Å². The van der Waals surface area contributed by atoms with E-state index in [4.69, 9.17) is 0 Å². The lowest BCUT2D eigenvalue weighted by Gasteiger charge is -2.05. The zero-order valence-electron chi connectivity index (χ0n) is 12.3. The predicted octanol–water partition coefficient (Wildman–Crippen LogP) is 3.26. The molecule has 24 heavy (non-hydrogen) atoms. The van der Waals surface area contributed by atoms with Gasteiger partial charge in [-0.1, -0.05) is 23.9 Å². The number of hydrogen-bond donors (Lipinski definition) is 1. The summed E-state index contributed by atoms with van der Waals surface area (Å²) in [7, 11) is -2.49. The van der Waals surface area contributed by atoms with E-state index in [0.29, 0.717) is 9.24 Å². The fourth-order valence-corrected chi connectivity index (χ4v) is 4.86. The largest absolute Gasteiger partial charge is 0.284 e. The highest BCUT2D eigenvalue weighted by molar-refractivity contribution is 8.01. The maximum atomic E-state index is 11.8. The van der Waals surface area contributed by atoms with E-state index >= 15 is 0 Å². The number of hydrogen-bond acceptors (Lipinski definition) is 7. The molecule has 1 heterocycles. The Kier molecular flexibility index (Phi) is 4.54. The zero-order chi connectivity index (χ0) is 17.3. The third-order valence-electron chi connectivity index (χ3n) is 3.18. The Hall–Kier alpha value is -2.01. The van der Waals surface area contributed by atoms with Gasteiger partial charge in [-0.05, 0) is 31.3 Å². The summed E-state index contributed by atoms with van der Waals surface area (Å²) in [4.78, 5) is 15.3. The van der Waals surface area contributed by atoms with Gasteiger partial charge in [0, 0.05) is 6.07 Å². The molecule has 0 unspecified atom stereocenters. The molecule has 0 radical (unpaired) electrons. The Morgan fingerprint density at radius 3 is 2.67 bits per heavy atom. The first-order valence-corrected chi connectivity index (χ1v) is 9.78. The maximum absolute atomic E-state index is 11.8. The second-order valence-electron chi connectivity index (χ2n) is 4.64. The lowest BCUT2D eigenvalue weighted by atomic mass is 10.3. The first kappa shape index (κ1) is 16.8. The molecule has 0 atom stereocenters. The average Bonchev–Trinajstić information content (AvgIpc) is 2.97. The van der Waals surface area contributed by atoms with Gasteiger partial charge in [0.05, 0.1) is 24.9 Å². The number of rotatable bonds is 5. The molecule has 10 heteroatoms. The van der Waals surface area contributed by atoms with Crippen LogP contribution in [0.2, 0.25) is 0 Å². The van der Waals surface area contributed by atoms with E-state index in [1.165, 1.54) is 30.5 Å². The fraction of sp³-hybridized carbons (Fsp3) is 0.0714. The van der Waals surface area contributed by atoms with Gasteiger partial charge in [-0.25, -0.2) is 18.1 Å². The smallest absolute Gasteiger partial charge is 0.258 e. The zero-order valence-corrected chi connectivity index (χ0v) is 14.7. The lowest BCUT2D eigenvalue weighted by Crippen LogP contribution is -2.18. The lowest BCUT2D eigenvalue weighted by molar-refractivity contribution is -0.388. The molecule has 1 N–H and O–H groups in total. The van der Waals surface area contributed by atoms with Crippen molar-refractivity contribution in [2.75, 3.05) is 7.05 Å². The van der Waals surface area contributed by atoms with Crippen molar-refractivity contribution in [2.24, 2.45) is 0 Å². The molecule has 3 aromatic rings. The molecule has 0 aliphatic carbocycles. The number of nitro groups is 1. The van der Waals surface area contributed by atoms with Gasteiger partial charge < -0.3 is 0 Å². The van der Waals surface area contributed by atoms with Crippen LogP contribution in [0, 0.1) is 10.1 Å². The number of para-hydroxylation sites is 1. The van der Waals surface area contributed by atoms with Crippen LogP contribution in [0.4, 0.5) is 5.69 Å². The van der Waals surface area contributed by atoms with E-state index in [0.717, 1.165) is 28.0 Å². The molecule has 3 rings (SSSR count). The molecule has 1 aromatic heterocycles. The normalized spacial score (nSPS) is 11.7. The summed E-state index contributed by atoms with van der Waals surface area (Å²) in [6.07, 6.45) is 0. The Balaban J connectivity index is 2.02. The first-order valence-electron chi connectivity index (χ1n) is 6.66. The number of nitrogens with zero attached hydrogens (tertiary/aromatic N) is 2. The molecule has 0 aliphatic rings. The predicted molar refractivity (Wildman–Crippen MR) is 93.1 cm³/mol. The van der Waals surface area contributed by atoms with Gasteiger partial charge in [-0.3, -0.25) is 10.1 Å². The van der Waals surface area contributed by atoms with Gasteiger partial charge in [0.15, 0.2) is 4.34 Å². The van der Waals surface area contributed by atoms with Crippen molar-refractivity contribution >= 4 is 49.0 Å². The molecule has 0 aliphatic heterocycles.